The van der Waals surface area contributed by atoms with Crippen LogP contribution in [0.25, 0.3) is 0 Å². The normalized spacial score (nSPS) is 14.8. The van der Waals surface area contributed by atoms with E-state index in [1.807, 2.05) is 0 Å². The molecule has 6 nitrogen and oxygen atoms in total. The molecule has 1 heterocycles. The number of carbonyl (C=O) groups is 1. The van der Waals surface area contributed by atoms with E-state index in [2.05, 4.69) is 20.8 Å². The summed E-state index contributed by atoms with van der Waals surface area (Å²) in [5.74, 6) is -1.20. The summed E-state index contributed by atoms with van der Waals surface area (Å²) >= 11 is 1.29. The molecule has 1 aromatic carbocycles. The Morgan fingerprint density at radius 2 is 1.96 bits per heavy atom. The van der Waals surface area contributed by atoms with Gasteiger partial charge in [-0.2, -0.15) is 0 Å². The van der Waals surface area contributed by atoms with E-state index in [1.165, 1.54) is 36.7 Å². The maximum absolute atomic E-state index is 13.1. The zero-order valence-corrected chi connectivity index (χ0v) is 14.4. The lowest BCUT2D eigenvalue weighted by Crippen LogP contribution is -2.27. The molecule has 2 aromatic rings. The zero-order chi connectivity index (χ0) is 17.6. The van der Waals surface area contributed by atoms with Gasteiger partial charge in [-0.05, 0) is 47.4 Å². The van der Waals surface area contributed by atoms with Crippen molar-refractivity contribution in [3.63, 3.8) is 0 Å². The fraction of sp³-hybridized carbons (Fsp3) is 0.500. The summed E-state index contributed by atoms with van der Waals surface area (Å²) in [7, 11) is 0. The highest BCUT2D eigenvalue weighted by Crippen LogP contribution is 2.31. The summed E-state index contributed by atoms with van der Waals surface area (Å²) < 4.78 is 28.0. The molecule has 1 aliphatic carbocycles. The van der Waals surface area contributed by atoms with Crippen LogP contribution in [0, 0.1) is 11.6 Å². The first kappa shape index (κ1) is 17.8. The summed E-state index contributed by atoms with van der Waals surface area (Å²) in [6.07, 6.45) is 4.85. The molecule has 1 aliphatic rings. The number of hydrogen-bond donors (Lipinski definition) is 1. The Kier molecular flexibility index (Phi) is 5.95. The number of nitrogens with zero attached hydrogens (tertiary/aromatic N) is 4. The van der Waals surface area contributed by atoms with Gasteiger partial charge in [-0.25, -0.2) is 13.5 Å². The first-order valence-corrected chi connectivity index (χ1v) is 9.23. The van der Waals surface area contributed by atoms with Gasteiger partial charge in [-0.15, -0.1) is 5.10 Å². The predicted molar refractivity (Wildman–Crippen MR) is 89.1 cm³/mol. The SMILES string of the molecule is O=C(CSc1nnnn1C1CCCC1)NCCc1cc(F)cc(F)c1. The summed E-state index contributed by atoms with van der Waals surface area (Å²) in [5.41, 5.74) is 0.510. The van der Waals surface area contributed by atoms with Crippen molar-refractivity contribution in [3.05, 3.63) is 35.4 Å². The van der Waals surface area contributed by atoms with Crippen LogP contribution in [0.1, 0.15) is 37.3 Å². The molecule has 0 bridgehead atoms. The third-order valence-corrected chi connectivity index (χ3v) is 5.06. The molecule has 134 valence electrons. The fourth-order valence-electron chi connectivity index (χ4n) is 2.94. The third-order valence-electron chi connectivity index (χ3n) is 4.12. The van der Waals surface area contributed by atoms with E-state index in [1.54, 1.807) is 4.68 Å². The first-order chi connectivity index (χ1) is 12.1. The average molecular weight is 367 g/mol. The van der Waals surface area contributed by atoms with Gasteiger partial charge in [0.05, 0.1) is 11.8 Å². The highest BCUT2D eigenvalue weighted by molar-refractivity contribution is 7.99. The highest BCUT2D eigenvalue weighted by atomic mass is 32.2. The van der Waals surface area contributed by atoms with Crippen molar-refractivity contribution in [1.29, 1.82) is 0 Å². The van der Waals surface area contributed by atoms with Crippen LogP contribution >= 0.6 is 11.8 Å². The number of amides is 1. The number of hydrogen-bond acceptors (Lipinski definition) is 5. The average Bonchev–Trinajstić information content (AvgIpc) is 3.23. The Morgan fingerprint density at radius 1 is 1.24 bits per heavy atom. The van der Waals surface area contributed by atoms with Crippen molar-refractivity contribution in [2.45, 2.75) is 43.3 Å². The highest BCUT2D eigenvalue weighted by Gasteiger charge is 2.22. The molecule has 1 N–H and O–H groups in total. The van der Waals surface area contributed by atoms with Crippen molar-refractivity contribution in [2.75, 3.05) is 12.3 Å². The van der Waals surface area contributed by atoms with E-state index in [0.29, 0.717) is 29.7 Å². The molecule has 1 amide bonds. The molecule has 3 rings (SSSR count). The van der Waals surface area contributed by atoms with Gasteiger partial charge in [0.15, 0.2) is 0 Å². The van der Waals surface area contributed by atoms with E-state index in [-0.39, 0.29) is 11.7 Å². The lowest BCUT2D eigenvalue weighted by molar-refractivity contribution is -0.118. The molecule has 25 heavy (non-hydrogen) atoms. The lowest BCUT2D eigenvalue weighted by atomic mass is 10.1. The van der Waals surface area contributed by atoms with Gasteiger partial charge in [0, 0.05) is 12.6 Å². The van der Waals surface area contributed by atoms with Crippen LogP contribution in [0.5, 0.6) is 0 Å². The van der Waals surface area contributed by atoms with Gasteiger partial charge < -0.3 is 5.32 Å². The van der Waals surface area contributed by atoms with Gasteiger partial charge in [-0.1, -0.05) is 24.6 Å². The zero-order valence-electron chi connectivity index (χ0n) is 13.6. The minimum atomic E-state index is -0.615. The predicted octanol–water partition coefficient (Wildman–Crippen LogP) is 2.52. The van der Waals surface area contributed by atoms with Crippen LogP contribution < -0.4 is 5.32 Å². The monoisotopic (exact) mass is 367 g/mol. The van der Waals surface area contributed by atoms with Crippen LogP contribution in [0.3, 0.4) is 0 Å². The minimum Gasteiger partial charge on any atom is -0.355 e. The number of rotatable bonds is 7. The number of halogens is 2. The van der Waals surface area contributed by atoms with Gasteiger partial charge in [0.25, 0.3) is 0 Å². The Bertz CT molecular complexity index is 713. The van der Waals surface area contributed by atoms with Gasteiger partial charge >= 0.3 is 0 Å². The number of benzene rings is 1. The van der Waals surface area contributed by atoms with E-state index < -0.39 is 11.6 Å². The van der Waals surface area contributed by atoms with Crippen LogP contribution in [-0.4, -0.2) is 38.4 Å². The molecule has 0 saturated heterocycles. The topological polar surface area (TPSA) is 72.7 Å². The third kappa shape index (κ3) is 4.97. The second-order valence-electron chi connectivity index (χ2n) is 6.01. The van der Waals surface area contributed by atoms with Crippen molar-refractivity contribution in [2.24, 2.45) is 0 Å². The molecule has 0 atom stereocenters. The van der Waals surface area contributed by atoms with Gasteiger partial charge in [0.1, 0.15) is 11.6 Å². The summed E-state index contributed by atoms with van der Waals surface area (Å²) in [4.78, 5) is 11.9. The van der Waals surface area contributed by atoms with E-state index in [0.717, 1.165) is 18.9 Å². The Labute approximate surface area is 148 Å². The lowest BCUT2D eigenvalue weighted by Gasteiger charge is -2.10. The van der Waals surface area contributed by atoms with Crippen molar-refractivity contribution >= 4 is 17.7 Å². The molecule has 9 heteroatoms. The minimum absolute atomic E-state index is 0.164. The number of carbonyl (C=O) groups excluding carboxylic acids is 1. The van der Waals surface area contributed by atoms with Crippen LogP contribution in [-0.2, 0) is 11.2 Å². The molecular weight excluding hydrogens is 348 g/mol. The van der Waals surface area contributed by atoms with E-state index in [9.17, 15) is 13.6 Å². The van der Waals surface area contributed by atoms with Crippen molar-refractivity contribution in [3.8, 4) is 0 Å². The van der Waals surface area contributed by atoms with Crippen molar-refractivity contribution < 1.29 is 13.6 Å². The molecule has 1 fully saturated rings. The first-order valence-electron chi connectivity index (χ1n) is 8.24. The standard InChI is InChI=1S/C16H19F2N5OS/c17-12-7-11(8-13(18)9-12)5-6-19-15(24)10-25-16-20-21-22-23(16)14-3-1-2-4-14/h7-9,14H,1-6,10H2,(H,19,24). The molecule has 1 aromatic heterocycles. The molecule has 0 radical (unpaired) electrons. The summed E-state index contributed by atoms with van der Waals surface area (Å²) in [5, 5.41) is 15.1. The van der Waals surface area contributed by atoms with Crippen LogP contribution in [0.2, 0.25) is 0 Å². The quantitative estimate of drug-likeness (QED) is 0.762. The van der Waals surface area contributed by atoms with E-state index in [4.69, 9.17) is 0 Å². The Balaban J connectivity index is 1.43. The molecular formula is C16H19F2N5OS. The molecule has 1 saturated carbocycles. The maximum Gasteiger partial charge on any atom is 0.230 e. The van der Waals surface area contributed by atoms with Crippen LogP contribution in [0.15, 0.2) is 23.4 Å². The van der Waals surface area contributed by atoms with Gasteiger partial charge in [-0.3, -0.25) is 4.79 Å². The van der Waals surface area contributed by atoms with Gasteiger partial charge in [0.2, 0.25) is 11.1 Å². The fourth-order valence-corrected chi connectivity index (χ4v) is 3.72. The second kappa shape index (κ2) is 8.37. The number of aromatic nitrogens is 4. The number of nitrogens with one attached hydrogen (secondary N) is 1. The van der Waals surface area contributed by atoms with Crippen molar-refractivity contribution in [1.82, 2.24) is 25.5 Å². The second-order valence-corrected chi connectivity index (χ2v) is 6.95. The molecule has 0 unspecified atom stereocenters. The largest absolute Gasteiger partial charge is 0.355 e. The number of tetrazole rings is 1. The maximum atomic E-state index is 13.1. The number of thioether (sulfide) groups is 1. The molecule has 0 spiro atoms. The smallest absolute Gasteiger partial charge is 0.230 e. The Morgan fingerprint density at radius 3 is 2.68 bits per heavy atom. The Hall–Kier alpha value is -2.03. The summed E-state index contributed by atoms with van der Waals surface area (Å²) in [6, 6.07) is 3.68. The summed E-state index contributed by atoms with van der Waals surface area (Å²) in [6.45, 7) is 0.315. The van der Waals surface area contributed by atoms with Crippen LogP contribution in [0.4, 0.5) is 8.78 Å². The van der Waals surface area contributed by atoms with E-state index >= 15 is 0 Å². The molecule has 0 aliphatic heterocycles.